The van der Waals surface area contributed by atoms with Crippen molar-refractivity contribution in [2.45, 2.75) is 26.2 Å². The van der Waals surface area contributed by atoms with E-state index in [1.165, 1.54) is 29.9 Å². The second-order valence-corrected chi connectivity index (χ2v) is 6.64. The zero-order valence-electron chi connectivity index (χ0n) is 12.1. The van der Waals surface area contributed by atoms with Crippen molar-refractivity contribution >= 4 is 26.9 Å². The molecule has 0 unspecified atom stereocenters. The van der Waals surface area contributed by atoms with Crippen molar-refractivity contribution in [3.8, 4) is 0 Å². The van der Waals surface area contributed by atoms with Crippen LogP contribution in [0.5, 0.6) is 0 Å². The topological polar surface area (TPSA) is 0 Å². The molecule has 0 aliphatic heterocycles. The minimum atomic E-state index is -0.348. The van der Waals surface area contributed by atoms with Gasteiger partial charge in [0.05, 0.1) is 0 Å². The van der Waals surface area contributed by atoms with Gasteiger partial charge in [-0.25, -0.2) is 0 Å². The first kappa shape index (κ1) is 16.7. The monoisotopic (exact) mass is 279 g/mol. The summed E-state index contributed by atoms with van der Waals surface area (Å²) in [6.07, 6.45) is 6.09. The van der Waals surface area contributed by atoms with Crippen LogP contribution in [0, 0.1) is 0 Å². The summed E-state index contributed by atoms with van der Waals surface area (Å²) in [5, 5.41) is 2.85. The lowest BCUT2D eigenvalue weighted by Crippen LogP contribution is -2.09. The number of allylic oxidation sites excluding steroid dienone is 1. The van der Waals surface area contributed by atoms with E-state index in [1.54, 1.807) is 0 Å². The zero-order chi connectivity index (χ0) is 13.3. The van der Waals surface area contributed by atoms with Gasteiger partial charge in [0.15, 0.2) is 0 Å². The highest BCUT2D eigenvalue weighted by Gasteiger charge is 2.08. The molecule has 2 aromatic rings. The first-order valence-electron chi connectivity index (χ1n) is 6.98. The van der Waals surface area contributed by atoms with E-state index in [0.717, 1.165) is 0 Å². The summed E-state index contributed by atoms with van der Waals surface area (Å²) in [6, 6.07) is 21.7. The van der Waals surface area contributed by atoms with Gasteiger partial charge in [-0.2, -0.15) is 0 Å². The lowest BCUT2D eigenvalue weighted by molar-refractivity contribution is 0.815. The van der Waals surface area contributed by atoms with Gasteiger partial charge in [-0.1, -0.05) is 92.3 Å². The molecule has 0 heterocycles. The van der Waals surface area contributed by atoms with Crippen LogP contribution in [0.25, 0.3) is 0 Å². The van der Waals surface area contributed by atoms with Crippen molar-refractivity contribution in [2.75, 3.05) is 0 Å². The van der Waals surface area contributed by atoms with Crippen LogP contribution in [0.1, 0.15) is 26.2 Å². The maximum Gasteiger partial charge on any atom is 0 e. The molecule has 2 rings (SSSR count). The molecule has 0 aromatic heterocycles. The highest BCUT2D eigenvalue weighted by molar-refractivity contribution is 7.75. The maximum atomic E-state index is 2.41. The molecular formula is C18H21BP. The van der Waals surface area contributed by atoms with Crippen LogP contribution in [-0.2, 0) is 0 Å². The van der Waals surface area contributed by atoms with Gasteiger partial charge >= 0.3 is 0 Å². The molecule has 20 heavy (non-hydrogen) atoms. The Balaban J connectivity index is 0.00000200. The lowest BCUT2D eigenvalue weighted by Gasteiger charge is -2.14. The molecule has 0 bridgehead atoms. The molecule has 0 aliphatic carbocycles. The first-order chi connectivity index (χ1) is 9.42. The zero-order valence-corrected chi connectivity index (χ0v) is 13.0. The van der Waals surface area contributed by atoms with E-state index in [2.05, 4.69) is 79.5 Å². The van der Waals surface area contributed by atoms with E-state index in [0.29, 0.717) is 0 Å². The predicted molar refractivity (Wildman–Crippen MR) is 93.5 cm³/mol. The predicted octanol–water partition coefficient (Wildman–Crippen LogP) is 4.44. The van der Waals surface area contributed by atoms with E-state index in [-0.39, 0.29) is 16.3 Å². The Morgan fingerprint density at radius 2 is 1.35 bits per heavy atom. The van der Waals surface area contributed by atoms with E-state index in [1.807, 2.05) is 0 Å². The summed E-state index contributed by atoms with van der Waals surface area (Å²) in [6.45, 7) is 2.24. The van der Waals surface area contributed by atoms with Crippen molar-refractivity contribution in [2.24, 2.45) is 0 Å². The first-order valence-corrected chi connectivity index (χ1v) is 8.39. The van der Waals surface area contributed by atoms with Crippen LogP contribution in [0.4, 0.5) is 0 Å². The Labute approximate surface area is 126 Å². The molecule has 0 fully saturated rings. The van der Waals surface area contributed by atoms with Crippen LogP contribution in [-0.4, -0.2) is 8.41 Å². The SMILES string of the molecule is CCCC/C=C/P(c1ccccc1)c1ccccc1.[B]. The van der Waals surface area contributed by atoms with Gasteiger partial charge in [0, 0.05) is 8.41 Å². The molecule has 0 spiro atoms. The smallest absolute Gasteiger partial charge is 0 e. The Morgan fingerprint density at radius 3 is 1.80 bits per heavy atom. The van der Waals surface area contributed by atoms with Gasteiger partial charge in [-0.15, -0.1) is 0 Å². The van der Waals surface area contributed by atoms with E-state index >= 15 is 0 Å². The number of hydrogen-bond donors (Lipinski definition) is 0. The average Bonchev–Trinajstić information content (AvgIpc) is 2.49. The number of rotatable bonds is 6. The van der Waals surface area contributed by atoms with Crippen LogP contribution in [0.2, 0.25) is 0 Å². The molecule has 2 heteroatoms. The second-order valence-electron chi connectivity index (χ2n) is 4.57. The van der Waals surface area contributed by atoms with Crippen molar-refractivity contribution in [1.82, 2.24) is 0 Å². The number of unbranched alkanes of at least 4 members (excludes halogenated alkanes) is 2. The van der Waals surface area contributed by atoms with Gasteiger partial charge in [0.2, 0.25) is 0 Å². The average molecular weight is 279 g/mol. The maximum absolute atomic E-state index is 2.41. The summed E-state index contributed by atoms with van der Waals surface area (Å²) >= 11 is 0. The second kappa shape index (κ2) is 9.56. The molecule has 0 nitrogen and oxygen atoms in total. The largest absolute Gasteiger partial charge is 0.0834 e. The fourth-order valence-corrected chi connectivity index (χ4v) is 3.99. The lowest BCUT2D eigenvalue weighted by atomic mass is 10.2. The highest BCUT2D eigenvalue weighted by Crippen LogP contribution is 2.35. The fourth-order valence-electron chi connectivity index (χ4n) is 2.00. The summed E-state index contributed by atoms with van der Waals surface area (Å²) in [4.78, 5) is 0. The Kier molecular flexibility index (Phi) is 8.00. The van der Waals surface area contributed by atoms with Crippen molar-refractivity contribution in [3.05, 3.63) is 72.6 Å². The molecule has 0 aliphatic rings. The Hall–Kier alpha value is -1.33. The van der Waals surface area contributed by atoms with Crippen LogP contribution < -0.4 is 10.6 Å². The van der Waals surface area contributed by atoms with Gasteiger partial charge in [-0.3, -0.25) is 0 Å². The third-order valence-corrected chi connectivity index (χ3v) is 5.27. The molecule has 2 aromatic carbocycles. The summed E-state index contributed by atoms with van der Waals surface area (Å²) in [5.41, 5.74) is 0. The van der Waals surface area contributed by atoms with Gasteiger partial charge in [0.25, 0.3) is 0 Å². The normalized spacial score (nSPS) is 10.7. The molecule has 0 N–H and O–H groups in total. The fraction of sp³-hybridized carbons (Fsp3) is 0.222. The molecule has 0 saturated carbocycles. The van der Waals surface area contributed by atoms with E-state index in [9.17, 15) is 0 Å². The highest BCUT2D eigenvalue weighted by atomic mass is 31.1. The van der Waals surface area contributed by atoms with Gasteiger partial charge in [-0.05, 0) is 25.0 Å². The van der Waals surface area contributed by atoms with Crippen molar-refractivity contribution in [1.29, 1.82) is 0 Å². The van der Waals surface area contributed by atoms with Crippen LogP contribution in [0.3, 0.4) is 0 Å². The third-order valence-electron chi connectivity index (χ3n) is 3.05. The quantitative estimate of drug-likeness (QED) is 0.416. The van der Waals surface area contributed by atoms with E-state index < -0.39 is 0 Å². The summed E-state index contributed by atoms with van der Waals surface area (Å²) < 4.78 is 0. The molecule has 3 radical (unpaired) electrons. The standard InChI is InChI=1S/C18H21P.B/c1-2-3-4-11-16-19(17-12-7-5-8-13-17)18-14-9-6-10-15-18;/h5-16H,2-4H2,1H3;/b16-11+;. The van der Waals surface area contributed by atoms with Crippen LogP contribution in [0.15, 0.2) is 72.6 Å². The minimum Gasteiger partial charge on any atom is -0.0834 e. The third kappa shape index (κ3) is 4.98. The van der Waals surface area contributed by atoms with E-state index in [4.69, 9.17) is 0 Å². The summed E-state index contributed by atoms with van der Waals surface area (Å²) in [7, 11) is -0.348. The van der Waals surface area contributed by atoms with Crippen molar-refractivity contribution in [3.63, 3.8) is 0 Å². The Bertz CT molecular complexity index is 454. The number of hydrogen-bond acceptors (Lipinski definition) is 0. The molecule has 0 saturated heterocycles. The minimum absolute atomic E-state index is 0. The van der Waals surface area contributed by atoms with Gasteiger partial charge in [0.1, 0.15) is 0 Å². The van der Waals surface area contributed by atoms with Gasteiger partial charge < -0.3 is 0 Å². The molecule has 0 amide bonds. The molecular weight excluding hydrogens is 258 g/mol. The van der Waals surface area contributed by atoms with Crippen molar-refractivity contribution < 1.29 is 0 Å². The van der Waals surface area contributed by atoms with Crippen LogP contribution >= 0.6 is 7.92 Å². The Morgan fingerprint density at radius 1 is 0.850 bits per heavy atom. The molecule has 0 atom stereocenters. The molecule has 101 valence electrons. The number of benzene rings is 2. The summed E-state index contributed by atoms with van der Waals surface area (Å²) in [5.74, 6) is 2.41.